The van der Waals surface area contributed by atoms with E-state index in [1.54, 1.807) is 6.92 Å². The summed E-state index contributed by atoms with van der Waals surface area (Å²) in [5.74, 6) is 0.525. The Morgan fingerprint density at radius 3 is 2.56 bits per heavy atom. The van der Waals surface area contributed by atoms with Crippen LogP contribution in [0.25, 0.3) is 22.3 Å². The quantitative estimate of drug-likeness (QED) is 0.381. The molecule has 208 valence electrons. The molecule has 2 saturated carbocycles. The monoisotopic (exact) mass is 543 g/mol. The molecular formula is C28H32F3N5O3. The molecule has 1 aromatic carbocycles. The lowest BCUT2D eigenvalue weighted by atomic mass is 9.82. The number of ether oxygens (including phenoxy) is 1. The molecule has 2 aromatic heterocycles. The Hall–Kier alpha value is -3.63. The molecule has 2 aliphatic rings. The van der Waals surface area contributed by atoms with Crippen molar-refractivity contribution in [3.63, 3.8) is 0 Å². The fourth-order valence-electron chi connectivity index (χ4n) is 5.37. The van der Waals surface area contributed by atoms with E-state index in [9.17, 15) is 22.8 Å². The Morgan fingerprint density at radius 2 is 1.90 bits per heavy atom. The molecule has 2 fully saturated rings. The van der Waals surface area contributed by atoms with Crippen molar-refractivity contribution in [1.29, 1.82) is 0 Å². The van der Waals surface area contributed by atoms with E-state index in [0.29, 0.717) is 53.4 Å². The van der Waals surface area contributed by atoms with Crippen molar-refractivity contribution in [3.05, 3.63) is 41.3 Å². The molecule has 2 heterocycles. The van der Waals surface area contributed by atoms with Gasteiger partial charge in [0.1, 0.15) is 23.3 Å². The highest BCUT2D eigenvalue weighted by Gasteiger charge is 2.33. The number of amides is 2. The summed E-state index contributed by atoms with van der Waals surface area (Å²) in [6.07, 6.45) is 0.977. The van der Waals surface area contributed by atoms with Gasteiger partial charge < -0.3 is 20.4 Å². The normalized spacial score (nSPS) is 21.5. The minimum Gasteiger partial charge on any atom is -0.493 e. The van der Waals surface area contributed by atoms with E-state index in [1.165, 1.54) is 19.3 Å². The molecule has 0 bridgehead atoms. The number of benzene rings is 1. The van der Waals surface area contributed by atoms with Crippen molar-refractivity contribution in [2.45, 2.75) is 71.1 Å². The number of carbonyl (C=O) groups excluding carboxylic acids is 2. The molecule has 0 unspecified atom stereocenters. The smallest absolute Gasteiger partial charge is 0.416 e. The highest BCUT2D eigenvalue weighted by Crippen LogP contribution is 2.40. The maximum atomic E-state index is 13.6. The summed E-state index contributed by atoms with van der Waals surface area (Å²) in [4.78, 5) is 36.7. The van der Waals surface area contributed by atoms with E-state index in [-0.39, 0.29) is 41.1 Å². The van der Waals surface area contributed by atoms with Crippen LogP contribution < -0.4 is 15.4 Å². The van der Waals surface area contributed by atoms with E-state index < -0.39 is 11.7 Å². The number of aromatic nitrogens is 3. The van der Waals surface area contributed by atoms with Crippen LogP contribution in [0, 0.1) is 18.8 Å². The lowest BCUT2D eigenvalue weighted by Gasteiger charge is -2.34. The van der Waals surface area contributed by atoms with E-state index in [1.807, 2.05) is 6.92 Å². The molecular weight excluding hydrogens is 511 g/mol. The first-order valence-electron chi connectivity index (χ1n) is 13.3. The van der Waals surface area contributed by atoms with Crippen molar-refractivity contribution in [2.75, 3.05) is 6.61 Å². The Morgan fingerprint density at radius 1 is 1.13 bits per heavy atom. The number of nitrogens with one attached hydrogen (secondary N) is 3. The van der Waals surface area contributed by atoms with Gasteiger partial charge in [-0.2, -0.15) is 13.2 Å². The zero-order valence-corrected chi connectivity index (χ0v) is 22.1. The lowest BCUT2D eigenvalue weighted by molar-refractivity contribution is -0.137. The fraction of sp³-hybridized carbons (Fsp3) is 0.500. The third-order valence-corrected chi connectivity index (χ3v) is 7.63. The zero-order valence-electron chi connectivity index (χ0n) is 22.1. The number of fused-ring (bicyclic) bond motifs is 1. The van der Waals surface area contributed by atoms with Crippen LogP contribution in [0.5, 0.6) is 5.75 Å². The first kappa shape index (κ1) is 27.0. The van der Waals surface area contributed by atoms with Crippen LogP contribution in [-0.4, -0.2) is 45.5 Å². The topological polar surface area (TPSA) is 109 Å². The van der Waals surface area contributed by atoms with Crippen molar-refractivity contribution < 1.29 is 27.5 Å². The summed E-state index contributed by atoms with van der Waals surface area (Å²) in [7, 11) is 0. The molecule has 2 aliphatic carbocycles. The van der Waals surface area contributed by atoms with Crippen LogP contribution >= 0.6 is 0 Å². The van der Waals surface area contributed by atoms with Gasteiger partial charge in [-0.05, 0) is 69.1 Å². The average Bonchev–Trinajstić information content (AvgIpc) is 3.63. The van der Waals surface area contributed by atoms with Gasteiger partial charge in [0.15, 0.2) is 0 Å². The molecule has 11 heteroatoms. The number of carbonyl (C=O) groups is 2. The number of aromatic amines is 1. The van der Waals surface area contributed by atoms with Crippen molar-refractivity contribution in [2.24, 2.45) is 11.8 Å². The second-order valence-electron chi connectivity index (χ2n) is 10.8. The van der Waals surface area contributed by atoms with Crippen molar-refractivity contribution >= 4 is 22.8 Å². The Bertz CT molecular complexity index is 1400. The van der Waals surface area contributed by atoms with Gasteiger partial charge in [-0.1, -0.05) is 6.92 Å². The van der Waals surface area contributed by atoms with Gasteiger partial charge in [0.2, 0.25) is 5.91 Å². The van der Waals surface area contributed by atoms with Gasteiger partial charge in [-0.15, -0.1) is 0 Å². The van der Waals surface area contributed by atoms with E-state index in [0.717, 1.165) is 31.4 Å². The molecule has 0 spiro atoms. The van der Waals surface area contributed by atoms with Gasteiger partial charge in [0.25, 0.3) is 5.91 Å². The van der Waals surface area contributed by atoms with Gasteiger partial charge >= 0.3 is 6.18 Å². The standard InChI is InChI=1S/C28H32F3N5O3/c1-14-10-19(7-8-21(14)35-16(3)37)36-27(38)23-15(2)34-26-24(32-13-33-25(23)26)20-11-18(28(29,30)31)6-9-22(20)39-12-17-4-5-17/h6,9,11,13-14,17,19,21,34H,4-5,7-8,10,12H2,1-3H3,(H,35,37)(H,36,38)/t14-,19-,21-/m1/s1. The number of nitrogens with zero attached hydrogens (tertiary/aromatic N) is 2. The SMILES string of the molecule is CC(=O)N[C@@H]1CC[C@@H](NC(=O)c2c(C)[nH]c3c(-c4cc(C(F)(F)F)ccc4OCC4CC4)ncnc23)C[C@H]1C. The lowest BCUT2D eigenvalue weighted by Crippen LogP contribution is -2.47. The van der Waals surface area contributed by atoms with Crippen LogP contribution in [-0.2, 0) is 11.0 Å². The minimum absolute atomic E-state index is 0.0684. The number of hydrogen-bond donors (Lipinski definition) is 3. The highest BCUT2D eigenvalue weighted by atomic mass is 19.4. The summed E-state index contributed by atoms with van der Waals surface area (Å²) in [5.41, 5.74) is 1.20. The first-order valence-corrected chi connectivity index (χ1v) is 13.3. The van der Waals surface area contributed by atoms with Gasteiger partial charge in [0.05, 0.1) is 23.3 Å². The number of rotatable bonds is 7. The Labute approximate surface area is 224 Å². The summed E-state index contributed by atoms with van der Waals surface area (Å²) in [6, 6.07) is 3.37. The Balaban J connectivity index is 1.45. The van der Waals surface area contributed by atoms with Crippen LogP contribution in [0.15, 0.2) is 24.5 Å². The number of hydrogen-bond acceptors (Lipinski definition) is 5. The molecule has 3 atom stereocenters. The van der Waals surface area contributed by atoms with Crippen LogP contribution in [0.3, 0.4) is 0 Å². The van der Waals surface area contributed by atoms with E-state index >= 15 is 0 Å². The predicted octanol–water partition coefficient (Wildman–Crippen LogP) is 5.16. The molecule has 5 rings (SSSR count). The molecule has 0 saturated heterocycles. The third-order valence-electron chi connectivity index (χ3n) is 7.63. The minimum atomic E-state index is -4.54. The van der Waals surface area contributed by atoms with E-state index in [2.05, 4.69) is 25.6 Å². The summed E-state index contributed by atoms with van der Waals surface area (Å²) >= 11 is 0. The third kappa shape index (κ3) is 5.86. The summed E-state index contributed by atoms with van der Waals surface area (Å²) < 4.78 is 46.7. The Kier molecular flexibility index (Phi) is 7.26. The molecule has 3 aromatic rings. The number of alkyl halides is 3. The number of halogens is 3. The van der Waals surface area contributed by atoms with Gasteiger partial charge in [-0.3, -0.25) is 9.59 Å². The average molecular weight is 544 g/mol. The maximum absolute atomic E-state index is 13.6. The highest BCUT2D eigenvalue weighted by molar-refractivity contribution is 6.09. The molecule has 39 heavy (non-hydrogen) atoms. The van der Waals surface area contributed by atoms with Crippen LogP contribution in [0.2, 0.25) is 0 Å². The largest absolute Gasteiger partial charge is 0.493 e. The molecule has 2 amide bonds. The zero-order chi connectivity index (χ0) is 27.9. The summed E-state index contributed by atoms with van der Waals surface area (Å²) in [5, 5.41) is 6.06. The number of aryl methyl sites for hydroxylation is 1. The second-order valence-corrected chi connectivity index (χ2v) is 10.8. The number of H-pyrrole nitrogens is 1. The molecule has 8 nitrogen and oxygen atoms in total. The van der Waals surface area contributed by atoms with Crippen LogP contribution in [0.4, 0.5) is 13.2 Å². The van der Waals surface area contributed by atoms with Crippen LogP contribution in [0.1, 0.15) is 67.6 Å². The maximum Gasteiger partial charge on any atom is 0.416 e. The second kappa shape index (κ2) is 10.5. The van der Waals surface area contributed by atoms with Gasteiger partial charge in [0, 0.05) is 30.3 Å². The fourth-order valence-corrected chi connectivity index (χ4v) is 5.37. The molecule has 3 N–H and O–H groups in total. The van der Waals surface area contributed by atoms with Crippen molar-refractivity contribution in [1.82, 2.24) is 25.6 Å². The van der Waals surface area contributed by atoms with E-state index in [4.69, 9.17) is 4.74 Å². The summed E-state index contributed by atoms with van der Waals surface area (Å²) in [6.45, 7) is 5.70. The van der Waals surface area contributed by atoms with Gasteiger partial charge in [-0.25, -0.2) is 9.97 Å². The van der Waals surface area contributed by atoms with Crippen molar-refractivity contribution in [3.8, 4) is 17.0 Å². The first-order chi connectivity index (χ1) is 18.5. The molecule has 0 aliphatic heterocycles. The molecule has 0 radical (unpaired) electrons. The predicted molar refractivity (Wildman–Crippen MR) is 139 cm³/mol.